The first-order valence-electron chi connectivity index (χ1n) is 12.8. The van der Waals surface area contributed by atoms with Crippen LogP contribution in [0.5, 0.6) is 11.5 Å². The lowest BCUT2D eigenvalue weighted by Crippen LogP contribution is -2.14. The lowest BCUT2D eigenvalue weighted by atomic mass is 10.1. The van der Waals surface area contributed by atoms with Gasteiger partial charge in [-0.15, -0.1) is 0 Å². The van der Waals surface area contributed by atoms with Crippen molar-refractivity contribution in [3.05, 3.63) is 107 Å². The average Bonchev–Trinajstić information content (AvgIpc) is 3.62. The van der Waals surface area contributed by atoms with Crippen molar-refractivity contribution in [3.63, 3.8) is 0 Å². The predicted octanol–water partition coefficient (Wildman–Crippen LogP) is 6.68. The Hall–Kier alpha value is -5.37. The van der Waals surface area contributed by atoms with Gasteiger partial charge < -0.3 is 19.7 Å². The molecule has 5 aromatic rings. The van der Waals surface area contributed by atoms with Gasteiger partial charge in [0.2, 0.25) is 6.79 Å². The molecule has 1 aliphatic rings. The summed E-state index contributed by atoms with van der Waals surface area (Å²) in [5.41, 5.74) is 6.18. The Morgan fingerprint density at radius 2 is 1.68 bits per heavy atom. The number of Topliss-reactive ketones (excluding diaryl/α,β-unsaturated/α-hetero) is 1. The van der Waals surface area contributed by atoms with Crippen LogP contribution in [0.4, 0.5) is 17.1 Å². The highest BCUT2D eigenvalue weighted by Gasteiger charge is 2.14. The maximum Gasteiger partial charge on any atom is 0.255 e. The van der Waals surface area contributed by atoms with Crippen LogP contribution in [0.25, 0.3) is 23.1 Å². The van der Waals surface area contributed by atoms with E-state index in [0.29, 0.717) is 16.8 Å². The van der Waals surface area contributed by atoms with E-state index < -0.39 is 0 Å². The van der Waals surface area contributed by atoms with Crippen molar-refractivity contribution in [2.24, 2.45) is 0 Å². The fraction of sp³-hybridized carbons (Fsp3) is 0.0938. The summed E-state index contributed by atoms with van der Waals surface area (Å²) in [4.78, 5) is 26.5. The second-order valence-electron chi connectivity index (χ2n) is 9.49. The van der Waals surface area contributed by atoms with Gasteiger partial charge in [0.15, 0.2) is 17.3 Å². The van der Waals surface area contributed by atoms with Crippen LogP contribution in [0.15, 0.2) is 84.9 Å². The molecule has 4 aromatic carbocycles. The molecular formula is C32H26N4O4. The van der Waals surface area contributed by atoms with Crippen LogP contribution in [0.1, 0.15) is 38.9 Å². The van der Waals surface area contributed by atoms with E-state index in [4.69, 9.17) is 9.47 Å². The minimum absolute atomic E-state index is 0.0830. The quantitative estimate of drug-likeness (QED) is 0.228. The SMILES string of the molecule is CC(=O)c1cccc(C(=O)Nc2cccc(N(C)c3ccc4c(/C=C/c5ccc6c(c5)OCO6)n[nH]c4c3)c2)c1. The molecule has 8 nitrogen and oxygen atoms in total. The summed E-state index contributed by atoms with van der Waals surface area (Å²) in [5, 5.41) is 11.6. The highest BCUT2D eigenvalue weighted by molar-refractivity contribution is 6.06. The van der Waals surface area contributed by atoms with E-state index >= 15 is 0 Å². The topological polar surface area (TPSA) is 96.6 Å². The van der Waals surface area contributed by atoms with Crippen molar-refractivity contribution in [2.45, 2.75) is 6.92 Å². The Morgan fingerprint density at radius 1 is 0.875 bits per heavy atom. The van der Waals surface area contributed by atoms with E-state index in [-0.39, 0.29) is 18.5 Å². The molecule has 0 radical (unpaired) electrons. The van der Waals surface area contributed by atoms with Crippen molar-refractivity contribution < 1.29 is 19.1 Å². The highest BCUT2D eigenvalue weighted by atomic mass is 16.7. The summed E-state index contributed by atoms with van der Waals surface area (Å²) >= 11 is 0. The van der Waals surface area contributed by atoms with Crippen LogP contribution in [-0.4, -0.2) is 35.7 Å². The zero-order chi connectivity index (χ0) is 27.6. The van der Waals surface area contributed by atoms with Gasteiger partial charge in [-0.1, -0.05) is 30.3 Å². The molecule has 198 valence electrons. The molecule has 0 saturated heterocycles. The van der Waals surface area contributed by atoms with Gasteiger partial charge in [0.1, 0.15) is 0 Å². The largest absolute Gasteiger partial charge is 0.454 e. The maximum atomic E-state index is 12.8. The monoisotopic (exact) mass is 530 g/mol. The van der Waals surface area contributed by atoms with Crippen LogP contribution in [0.2, 0.25) is 0 Å². The molecule has 0 aliphatic carbocycles. The van der Waals surface area contributed by atoms with Crippen molar-refractivity contribution >= 4 is 51.8 Å². The molecule has 1 aromatic heterocycles. The van der Waals surface area contributed by atoms with Gasteiger partial charge in [-0.05, 0) is 79.2 Å². The number of carbonyl (C=O) groups excluding carboxylic acids is 2. The molecule has 2 heterocycles. The molecule has 0 fully saturated rings. The molecule has 0 unspecified atom stereocenters. The number of nitrogens with zero attached hydrogens (tertiary/aromatic N) is 2. The zero-order valence-corrected chi connectivity index (χ0v) is 22.0. The smallest absolute Gasteiger partial charge is 0.255 e. The minimum atomic E-state index is -0.275. The highest BCUT2D eigenvalue weighted by Crippen LogP contribution is 2.33. The van der Waals surface area contributed by atoms with E-state index in [1.165, 1.54) is 6.92 Å². The number of ether oxygens (including phenoxy) is 2. The van der Waals surface area contributed by atoms with Crippen LogP contribution in [0, 0.1) is 0 Å². The molecule has 1 aliphatic heterocycles. The van der Waals surface area contributed by atoms with Crippen LogP contribution < -0.4 is 19.7 Å². The fourth-order valence-corrected chi connectivity index (χ4v) is 4.58. The Kier molecular flexibility index (Phi) is 6.49. The third kappa shape index (κ3) is 5.02. The van der Waals surface area contributed by atoms with E-state index in [1.807, 2.05) is 84.8 Å². The molecule has 1 amide bonds. The number of carbonyl (C=O) groups is 2. The molecule has 2 N–H and O–H groups in total. The molecule has 0 spiro atoms. The number of H-pyrrole nitrogens is 1. The molecule has 0 atom stereocenters. The normalized spacial score (nSPS) is 12.2. The zero-order valence-electron chi connectivity index (χ0n) is 22.0. The van der Waals surface area contributed by atoms with Gasteiger partial charge in [-0.3, -0.25) is 14.7 Å². The van der Waals surface area contributed by atoms with Crippen LogP contribution in [0.3, 0.4) is 0 Å². The maximum absolute atomic E-state index is 12.8. The lowest BCUT2D eigenvalue weighted by molar-refractivity contribution is 0.101. The number of benzene rings is 4. The average molecular weight is 531 g/mol. The Bertz CT molecular complexity index is 1790. The second-order valence-corrected chi connectivity index (χ2v) is 9.49. The first kappa shape index (κ1) is 24.9. The number of aromatic nitrogens is 2. The molecule has 40 heavy (non-hydrogen) atoms. The summed E-state index contributed by atoms with van der Waals surface area (Å²) in [6.45, 7) is 1.73. The van der Waals surface area contributed by atoms with E-state index in [1.54, 1.807) is 24.3 Å². The van der Waals surface area contributed by atoms with Gasteiger partial charge in [-0.25, -0.2) is 0 Å². The number of hydrogen-bond donors (Lipinski definition) is 2. The van der Waals surface area contributed by atoms with Crippen LogP contribution in [-0.2, 0) is 0 Å². The molecule has 6 rings (SSSR count). The number of rotatable bonds is 7. The van der Waals surface area contributed by atoms with Crippen molar-refractivity contribution in [3.8, 4) is 11.5 Å². The molecular weight excluding hydrogens is 504 g/mol. The summed E-state index contributed by atoms with van der Waals surface area (Å²) < 4.78 is 10.8. The first-order valence-corrected chi connectivity index (χ1v) is 12.8. The predicted molar refractivity (Wildman–Crippen MR) is 156 cm³/mol. The van der Waals surface area contributed by atoms with Gasteiger partial charge in [0.05, 0.1) is 11.2 Å². The van der Waals surface area contributed by atoms with Gasteiger partial charge in [0, 0.05) is 40.6 Å². The van der Waals surface area contributed by atoms with Crippen molar-refractivity contribution in [1.29, 1.82) is 0 Å². The second kappa shape index (κ2) is 10.4. The number of ketones is 1. The number of anilines is 3. The Balaban J connectivity index is 1.18. The fourth-order valence-electron chi connectivity index (χ4n) is 4.58. The molecule has 0 bridgehead atoms. The first-order chi connectivity index (χ1) is 19.4. The Morgan fingerprint density at radius 3 is 2.55 bits per heavy atom. The van der Waals surface area contributed by atoms with E-state index in [9.17, 15) is 9.59 Å². The van der Waals surface area contributed by atoms with Gasteiger partial charge in [0.25, 0.3) is 5.91 Å². The van der Waals surface area contributed by atoms with Crippen molar-refractivity contribution in [2.75, 3.05) is 24.1 Å². The summed E-state index contributed by atoms with van der Waals surface area (Å²) in [7, 11) is 1.97. The van der Waals surface area contributed by atoms with Crippen LogP contribution >= 0.6 is 0 Å². The summed E-state index contributed by atoms with van der Waals surface area (Å²) in [6, 6.07) is 26.2. The Labute approximate surface area is 230 Å². The number of hydrogen-bond acceptors (Lipinski definition) is 6. The van der Waals surface area contributed by atoms with E-state index in [2.05, 4.69) is 15.5 Å². The van der Waals surface area contributed by atoms with E-state index in [0.717, 1.165) is 45.0 Å². The third-order valence-corrected chi connectivity index (χ3v) is 6.82. The molecule has 0 saturated carbocycles. The minimum Gasteiger partial charge on any atom is -0.454 e. The van der Waals surface area contributed by atoms with Gasteiger partial charge >= 0.3 is 0 Å². The number of nitrogens with one attached hydrogen (secondary N) is 2. The van der Waals surface area contributed by atoms with Gasteiger partial charge in [-0.2, -0.15) is 5.10 Å². The summed E-state index contributed by atoms with van der Waals surface area (Å²) in [6.07, 6.45) is 3.96. The van der Waals surface area contributed by atoms with Crippen molar-refractivity contribution in [1.82, 2.24) is 10.2 Å². The lowest BCUT2D eigenvalue weighted by Gasteiger charge is -2.20. The third-order valence-electron chi connectivity index (χ3n) is 6.82. The number of aromatic amines is 1. The molecule has 8 heteroatoms. The summed E-state index contributed by atoms with van der Waals surface area (Å²) in [5.74, 6) is 1.14. The standard InChI is InChI=1S/C32H26N4O4/c1-20(37)22-5-3-6-23(16-22)32(38)33-24-7-4-8-25(17-24)36(2)26-11-12-27-28(34-35-29(27)18-26)13-9-21-10-14-30-31(15-21)40-19-39-30/h3-18H,19H2,1-2H3,(H,33,38)(H,34,35)/b13-9+. The number of fused-ring (bicyclic) bond motifs is 2. The number of amides is 1.